The van der Waals surface area contributed by atoms with Crippen LogP contribution in [0.5, 0.6) is 0 Å². The highest BCUT2D eigenvalue weighted by Crippen LogP contribution is 2.53. The number of hydrogen-bond donors (Lipinski definition) is 1. The van der Waals surface area contributed by atoms with Gasteiger partial charge in [-0.3, -0.25) is 0 Å². The average molecular weight is 227 g/mol. The SMILES string of the molecule is CCCNC(C)C1(CCC(C)(C)OC)CC1. The molecular weight excluding hydrogens is 198 g/mol. The Hall–Kier alpha value is -0.0800. The molecule has 0 spiro atoms. The summed E-state index contributed by atoms with van der Waals surface area (Å²) >= 11 is 0. The molecule has 0 radical (unpaired) electrons. The van der Waals surface area contributed by atoms with Gasteiger partial charge < -0.3 is 10.1 Å². The van der Waals surface area contributed by atoms with Gasteiger partial charge in [-0.05, 0) is 64.8 Å². The Morgan fingerprint density at radius 2 is 2.00 bits per heavy atom. The van der Waals surface area contributed by atoms with Gasteiger partial charge in [-0.1, -0.05) is 6.92 Å². The Morgan fingerprint density at radius 1 is 1.38 bits per heavy atom. The summed E-state index contributed by atoms with van der Waals surface area (Å²) in [5, 5.41) is 3.65. The van der Waals surface area contributed by atoms with Crippen LogP contribution < -0.4 is 5.32 Å². The Morgan fingerprint density at radius 3 is 2.44 bits per heavy atom. The van der Waals surface area contributed by atoms with Crippen LogP contribution in [0.1, 0.15) is 59.8 Å². The summed E-state index contributed by atoms with van der Waals surface area (Å²) in [4.78, 5) is 0. The molecule has 0 aromatic heterocycles. The minimum atomic E-state index is 0.0417. The predicted molar refractivity (Wildman–Crippen MR) is 69.7 cm³/mol. The van der Waals surface area contributed by atoms with Crippen LogP contribution in [0.4, 0.5) is 0 Å². The molecular formula is C14H29NO. The molecule has 0 heterocycles. The van der Waals surface area contributed by atoms with Gasteiger partial charge in [0.05, 0.1) is 5.60 Å². The van der Waals surface area contributed by atoms with Gasteiger partial charge in [-0.2, -0.15) is 0 Å². The fourth-order valence-electron chi connectivity index (χ4n) is 2.29. The monoisotopic (exact) mass is 227 g/mol. The quantitative estimate of drug-likeness (QED) is 0.686. The third-order valence-corrected chi connectivity index (χ3v) is 4.29. The van der Waals surface area contributed by atoms with Crippen molar-refractivity contribution in [2.75, 3.05) is 13.7 Å². The smallest absolute Gasteiger partial charge is 0.0623 e. The van der Waals surface area contributed by atoms with Crippen molar-refractivity contribution >= 4 is 0 Å². The lowest BCUT2D eigenvalue weighted by Crippen LogP contribution is -2.36. The highest BCUT2D eigenvalue weighted by molar-refractivity contribution is 5.01. The molecule has 1 N–H and O–H groups in total. The molecule has 1 atom stereocenters. The summed E-state index contributed by atoms with van der Waals surface area (Å²) < 4.78 is 5.50. The van der Waals surface area contributed by atoms with Gasteiger partial charge in [0, 0.05) is 13.2 Å². The van der Waals surface area contributed by atoms with E-state index in [-0.39, 0.29) is 5.60 Å². The van der Waals surface area contributed by atoms with Crippen LogP contribution in [0.3, 0.4) is 0 Å². The lowest BCUT2D eigenvalue weighted by molar-refractivity contribution is 0.00788. The second-order valence-electron chi connectivity index (χ2n) is 6.00. The van der Waals surface area contributed by atoms with Crippen LogP contribution in [0.2, 0.25) is 0 Å². The second-order valence-corrected chi connectivity index (χ2v) is 6.00. The highest BCUT2D eigenvalue weighted by Gasteiger charge is 2.47. The largest absolute Gasteiger partial charge is 0.379 e. The molecule has 1 aliphatic carbocycles. The fraction of sp³-hybridized carbons (Fsp3) is 1.00. The van der Waals surface area contributed by atoms with E-state index < -0.39 is 0 Å². The third-order valence-electron chi connectivity index (χ3n) is 4.29. The van der Waals surface area contributed by atoms with Gasteiger partial charge in [0.1, 0.15) is 0 Å². The first-order chi connectivity index (χ1) is 7.46. The van der Waals surface area contributed by atoms with Crippen molar-refractivity contribution in [3.05, 3.63) is 0 Å². The lowest BCUT2D eigenvalue weighted by atomic mass is 9.87. The minimum absolute atomic E-state index is 0.0417. The highest BCUT2D eigenvalue weighted by atomic mass is 16.5. The zero-order valence-electron chi connectivity index (χ0n) is 11.7. The molecule has 16 heavy (non-hydrogen) atoms. The molecule has 96 valence electrons. The summed E-state index contributed by atoms with van der Waals surface area (Å²) in [6, 6.07) is 0.667. The summed E-state index contributed by atoms with van der Waals surface area (Å²) in [5.41, 5.74) is 0.616. The predicted octanol–water partition coefficient (Wildman–Crippen LogP) is 3.36. The third kappa shape index (κ3) is 3.74. The molecule has 2 nitrogen and oxygen atoms in total. The Labute approximate surface area is 101 Å². The zero-order valence-corrected chi connectivity index (χ0v) is 11.7. The molecule has 1 unspecified atom stereocenters. The van der Waals surface area contributed by atoms with Crippen LogP contribution in [-0.2, 0) is 4.74 Å². The second kappa shape index (κ2) is 5.50. The Bertz CT molecular complexity index is 209. The van der Waals surface area contributed by atoms with Gasteiger partial charge in [0.15, 0.2) is 0 Å². The number of hydrogen-bond acceptors (Lipinski definition) is 2. The van der Waals surface area contributed by atoms with Gasteiger partial charge >= 0.3 is 0 Å². The van der Waals surface area contributed by atoms with E-state index in [2.05, 4.69) is 33.0 Å². The van der Waals surface area contributed by atoms with Gasteiger partial charge in [-0.15, -0.1) is 0 Å². The molecule has 1 rings (SSSR count). The standard InChI is InChI=1S/C14H29NO/c1-6-11-15-12(2)14(9-10-14)8-7-13(3,4)16-5/h12,15H,6-11H2,1-5H3. The average Bonchev–Trinajstić information content (AvgIpc) is 3.04. The van der Waals surface area contributed by atoms with E-state index in [1.807, 2.05) is 7.11 Å². The van der Waals surface area contributed by atoms with Crippen LogP contribution >= 0.6 is 0 Å². The first-order valence-corrected chi connectivity index (χ1v) is 6.74. The maximum absolute atomic E-state index is 5.50. The molecule has 0 amide bonds. The molecule has 2 heteroatoms. The number of nitrogens with one attached hydrogen (secondary N) is 1. The number of rotatable bonds is 8. The zero-order chi connectivity index (χ0) is 12.2. The summed E-state index contributed by atoms with van der Waals surface area (Å²) in [6.07, 6.45) is 6.48. The van der Waals surface area contributed by atoms with Crippen molar-refractivity contribution in [3.63, 3.8) is 0 Å². The molecule has 1 aliphatic rings. The summed E-state index contributed by atoms with van der Waals surface area (Å²) in [7, 11) is 1.82. The van der Waals surface area contributed by atoms with Crippen LogP contribution in [0.15, 0.2) is 0 Å². The Balaban J connectivity index is 2.35. The molecule has 0 aromatic rings. The van der Waals surface area contributed by atoms with E-state index >= 15 is 0 Å². The Kier molecular flexibility index (Phi) is 4.81. The lowest BCUT2D eigenvalue weighted by Gasteiger charge is -2.29. The molecule has 0 saturated heterocycles. The number of ether oxygens (including phenoxy) is 1. The summed E-state index contributed by atoms with van der Waals surface area (Å²) in [6.45, 7) is 10.1. The minimum Gasteiger partial charge on any atom is -0.379 e. The van der Waals surface area contributed by atoms with Crippen molar-refractivity contribution in [1.29, 1.82) is 0 Å². The van der Waals surface area contributed by atoms with Crippen molar-refractivity contribution in [1.82, 2.24) is 5.32 Å². The van der Waals surface area contributed by atoms with Crippen LogP contribution in [0, 0.1) is 5.41 Å². The van der Waals surface area contributed by atoms with E-state index in [9.17, 15) is 0 Å². The molecule has 1 fully saturated rings. The van der Waals surface area contributed by atoms with Crippen LogP contribution in [-0.4, -0.2) is 25.3 Å². The van der Waals surface area contributed by atoms with Crippen molar-refractivity contribution in [2.24, 2.45) is 5.41 Å². The van der Waals surface area contributed by atoms with E-state index in [1.165, 1.54) is 32.1 Å². The van der Waals surface area contributed by atoms with Gasteiger partial charge in [0.25, 0.3) is 0 Å². The first-order valence-electron chi connectivity index (χ1n) is 6.74. The van der Waals surface area contributed by atoms with Crippen molar-refractivity contribution in [3.8, 4) is 0 Å². The molecule has 0 aromatic carbocycles. The fourth-order valence-corrected chi connectivity index (χ4v) is 2.29. The van der Waals surface area contributed by atoms with Gasteiger partial charge in [-0.25, -0.2) is 0 Å². The molecule has 1 saturated carbocycles. The topological polar surface area (TPSA) is 21.3 Å². The van der Waals surface area contributed by atoms with Crippen LogP contribution in [0.25, 0.3) is 0 Å². The van der Waals surface area contributed by atoms with E-state index in [1.54, 1.807) is 0 Å². The summed E-state index contributed by atoms with van der Waals surface area (Å²) in [5.74, 6) is 0. The van der Waals surface area contributed by atoms with Crippen molar-refractivity contribution < 1.29 is 4.74 Å². The maximum Gasteiger partial charge on any atom is 0.0623 e. The van der Waals surface area contributed by atoms with E-state index in [0.717, 1.165) is 6.54 Å². The van der Waals surface area contributed by atoms with Gasteiger partial charge in [0.2, 0.25) is 0 Å². The first kappa shape index (κ1) is 14.0. The normalized spacial score (nSPS) is 20.8. The van der Waals surface area contributed by atoms with E-state index in [0.29, 0.717) is 11.5 Å². The maximum atomic E-state index is 5.50. The molecule has 0 aliphatic heterocycles. The van der Waals surface area contributed by atoms with Crippen molar-refractivity contribution in [2.45, 2.75) is 71.4 Å². The number of methoxy groups -OCH3 is 1. The van der Waals surface area contributed by atoms with E-state index in [4.69, 9.17) is 4.74 Å². The molecule has 0 bridgehead atoms.